The molecule has 0 aliphatic rings. The normalized spacial score (nSPS) is 11.2. The highest BCUT2D eigenvalue weighted by atomic mass is 32.1. The van der Waals surface area contributed by atoms with E-state index in [1.807, 2.05) is 32.3 Å². The van der Waals surface area contributed by atoms with Crippen molar-refractivity contribution in [3.8, 4) is 5.75 Å². The van der Waals surface area contributed by atoms with Gasteiger partial charge in [-0.25, -0.2) is 4.98 Å². The largest absolute Gasteiger partial charge is 0.492 e. The first-order valence-electron chi connectivity index (χ1n) is 7.41. The Kier molecular flexibility index (Phi) is 4.71. The summed E-state index contributed by atoms with van der Waals surface area (Å²) in [5, 5.41) is 1.15. The van der Waals surface area contributed by atoms with Gasteiger partial charge in [0.25, 0.3) is 0 Å². The van der Waals surface area contributed by atoms with E-state index < -0.39 is 0 Å². The number of ether oxygens (including phenoxy) is 1. The maximum absolute atomic E-state index is 5.79. The summed E-state index contributed by atoms with van der Waals surface area (Å²) in [4.78, 5) is 6.83. The van der Waals surface area contributed by atoms with Crippen LogP contribution < -0.4 is 4.74 Å². The van der Waals surface area contributed by atoms with Crippen LogP contribution in [0.1, 0.15) is 10.6 Å². The summed E-state index contributed by atoms with van der Waals surface area (Å²) in [6.45, 7) is 1.62. The van der Waals surface area contributed by atoms with Crippen LogP contribution in [0.4, 0.5) is 0 Å². The summed E-state index contributed by atoms with van der Waals surface area (Å²) >= 11 is 1.74. The molecule has 1 aromatic heterocycles. The number of benzene rings is 2. The molecule has 0 saturated carbocycles. The Bertz CT molecular complexity index is 737. The summed E-state index contributed by atoms with van der Waals surface area (Å²) in [5.74, 6) is 0.921. The van der Waals surface area contributed by atoms with Crippen molar-refractivity contribution in [3.05, 3.63) is 59.1 Å². The predicted molar refractivity (Wildman–Crippen MR) is 92.9 cm³/mol. The molecule has 0 bridgehead atoms. The van der Waals surface area contributed by atoms with E-state index in [1.54, 1.807) is 11.3 Å². The molecular weight excluding hydrogens is 292 g/mol. The van der Waals surface area contributed by atoms with Crippen molar-refractivity contribution in [1.82, 2.24) is 9.88 Å². The van der Waals surface area contributed by atoms with Crippen molar-refractivity contribution < 1.29 is 4.74 Å². The van der Waals surface area contributed by atoms with Gasteiger partial charge in [0, 0.05) is 13.0 Å². The Hall–Kier alpha value is -1.91. The van der Waals surface area contributed by atoms with Crippen molar-refractivity contribution in [2.24, 2.45) is 0 Å². The van der Waals surface area contributed by atoms with Gasteiger partial charge < -0.3 is 9.64 Å². The second kappa shape index (κ2) is 6.90. The molecule has 0 fully saturated rings. The third-order valence-electron chi connectivity index (χ3n) is 3.41. The van der Waals surface area contributed by atoms with Gasteiger partial charge in [-0.2, -0.15) is 0 Å². The minimum Gasteiger partial charge on any atom is -0.492 e. The fourth-order valence-electron chi connectivity index (χ4n) is 2.23. The van der Waals surface area contributed by atoms with Crippen molar-refractivity contribution in [2.75, 3.05) is 27.2 Å². The van der Waals surface area contributed by atoms with Gasteiger partial charge in [-0.1, -0.05) is 30.3 Å². The number of hydrogen-bond donors (Lipinski definition) is 0. The molecule has 3 nitrogen and oxygen atoms in total. The van der Waals surface area contributed by atoms with Gasteiger partial charge in [0.15, 0.2) is 0 Å². The fraction of sp³-hybridized carbons (Fsp3) is 0.278. The van der Waals surface area contributed by atoms with E-state index >= 15 is 0 Å². The number of likely N-dealkylation sites (N-methyl/N-ethyl adjacent to an activating group) is 1. The molecule has 22 heavy (non-hydrogen) atoms. The smallest absolute Gasteiger partial charge is 0.120 e. The van der Waals surface area contributed by atoms with Crippen LogP contribution >= 0.6 is 11.3 Å². The highest BCUT2D eigenvalue weighted by molar-refractivity contribution is 7.18. The lowest BCUT2D eigenvalue weighted by Crippen LogP contribution is -2.19. The predicted octanol–water partition coefficient (Wildman–Crippen LogP) is 3.83. The summed E-state index contributed by atoms with van der Waals surface area (Å²) in [5.41, 5.74) is 2.35. The molecule has 1 heterocycles. The minimum atomic E-state index is 0.703. The highest BCUT2D eigenvalue weighted by Crippen LogP contribution is 2.27. The van der Waals surface area contributed by atoms with Crippen LogP contribution in [-0.4, -0.2) is 37.1 Å². The van der Waals surface area contributed by atoms with Gasteiger partial charge >= 0.3 is 0 Å². The number of nitrogens with zero attached hydrogens (tertiary/aromatic N) is 2. The molecule has 114 valence electrons. The molecule has 2 aromatic carbocycles. The van der Waals surface area contributed by atoms with E-state index in [4.69, 9.17) is 9.72 Å². The zero-order chi connectivity index (χ0) is 15.4. The molecule has 0 unspecified atom stereocenters. The van der Waals surface area contributed by atoms with Crippen LogP contribution in [0.25, 0.3) is 10.2 Å². The maximum Gasteiger partial charge on any atom is 0.120 e. The molecule has 0 spiro atoms. The van der Waals surface area contributed by atoms with E-state index in [0.29, 0.717) is 6.61 Å². The highest BCUT2D eigenvalue weighted by Gasteiger charge is 2.06. The summed E-state index contributed by atoms with van der Waals surface area (Å²) in [6.07, 6.45) is 0.886. The van der Waals surface area contributed by atoms with Gasteiger partial charge in [-0.3, -0.25) is 0 Å². The van der Waals surface area contributed by atoms with Crippen LogP contribution in [0.3, 0.4) is 0 Å². The Balaban J connectivity index is 1.72. The molecule has 4 heteroatoms. The first-order chi connectivity index (χ1) is 10.7. The second-order valence-corrected chi connectivity index (χ2v) is 6.67. The summed E-state index contributed by atoms with van der Waals surface area (Å²) in [7, 11) is 4.09. The molecular formula is C18H20N2OS. The molecule has 3 aromatic rings. The number of aromatic nitrogens is 1. The van der Waals surface area contributed by atoms with Gasteiger partial charge in [-0.05, 0) is 37.9 Å². The van der Waals surface area contributed by atoms with E-state index in [9.17, 15) is 0 Å². The van der Waals surface area contributed by atoms with Gasteiger partial charge in [0.05, 0.1) is 15.2 Å². The first-order valence-corrected chi connectivity index (χ1v) is 8.23. The first kappa shape index (κ1) is 15.0. The Morgan fingerprint density at radius 2 is 1.91 bits per heavy atom. The average molecular weight is 312 g/mol. The molecule has 0 aliphatic carbocycles. The minimum absolute atomic E-state index is 0.703. The monoisotopic (exact) mass is 312 g/mol. The van der Waals surface area contributed by atoms with Crippen LogP contribution in [0.15, 0.2) is 48.5 Å². The van der Waals surface area contributed by atoms with E-state index in [2.05, 4.69) is 35.2 Å². The second-order valence-electron chi connectivity index (χ2n) is 5.55. The molecule has 3 rings (SSSR count). The SMILES string of the molecule is CN(C)CCOc1ccc2nc(Cc3ccccc3)sc2c1. The molecule has 0 aliphatic heterocycles. The zero-order valence-electron chi connectivity index (χ0n) is 13.0. The Labute approximate surface area is 135 Å². The van der Waals surface area contributed by atoms with Crippen molar-refractivity contribution >= 4 is 21.6 Å². The van der Waals surface area contributed by atoms with Gasteiger partial charge in [0.1, 0.15) is 12.4 Å². The topological polar surface area (TPSA) is 25.4 Å². The Morgan fingerprint density at radius 3 is 2.68 bits per heavy atom. The molecule has 0 radical (unpaired) electrons. The van der Waals surface area contributed by atoms with Gasteiger partial charge in [0.2, 0.25) is 0 Å². The fourth-order valence-corrected chi connectivity index (χ4v) is 3.26. The number of rotatable bonds is 6. The van der Waals surface area contributed by atoms with E-state index in [0.717, 1.165) is 29.2 Å². The standard InChI is InChI=1S/C18H20N2OS/c1-20(2)10-11-21-15-8-9-16-17(13-15)22-18(19-16)12-14-6-4-3-5-7-14/h3-9,13H,10-12H2,1-2H3. The Morgan fingerprint density at radius 1 is 1.09 bits per heavy atom. The lowest BCUT2D eigenvalue weighted by atomic mass is 10.2. The number of fused-ring (bicyclic) bond motifs is 1. The molecule has 0 atom stereocenters. The molecule has 0 N–H and O–H groups in total. The van der Waals surface area contributed by atoms with Crippen molar-refractivity contribution in [2.45, 2.75) is 6.42 Å². The van der Waals surface area contributed by atoms with Crippen molar-refractivity contribution in [3.63, 3.8) is 0 Å². The third-order valence-corrected chi connectivity index (χ3v) is 4.43. The molecule has 0 saturated heterocycles. The quantitative estimate of drug-likeness (QED) is 0.692. The lowest BCUT2D eigenvalue weighted by Gasteiger charge is -2.10. The third kappa shape index (κ3) is 3.84. The number of hydrogen-bond acceptors (Lipinski definition) is 4. The van der Waals surface area contributed by atoms with E-state index in [1.165, 1.54) is 10.3 Å². The van der Waals surface area contributed by atoms with Crippen LogP contribution in [0, 0.1) is 0 Å². The van der Waals surface area contributed by atoms with Crippen LogP contribution in [0.2, 0.25) is 0 Å². The van der Waals surface area contributed by atoms with E-state index in [-0.39, 0.29) is 0 Å². The van der Waals surface area contributed by atoms with Crippen LogP contribution in [0.5, 0.6) is 5.75 Å². The molecule has 0 amide bonds. The van der Waals surface area contributed by atoms with Gasteiger partial charge in [-0.15, -0.1) is 11.3 Å². The average Bonchev–Trinajstić information content (AvgIpc) is 2.89. The number of thiazole rings is 1. The maximum atomic E-state index is 5.79. The van der Waals surface area contributed by atoms with Crippen molar-refractivity contribution in [1.29, 1.82) is 0 Å². The van der Waals surface area contributed by atoms with Crippen LogP contribution in [-0.2, 0) is 6.42 Å². The zero-order valence-corrected chi connectivity index (χ0v) is 13.8. The summed E-state index contributed by atoms with van der Waals surface area (Å²) in [6, 6.07) is 16.6. The lowest BCUT2D eigenvalue weighted by molar-refractivity contribution is 0.261. The summed E-state index contributed by atoms with van der Waals surface area (Å²) < 4.78 is 6.98.